The summed E-state index contributed by atoms with van der Waals surface area (Å²) in [6.07, 6.45) is -4.15. The van der Waals surface area contributed by atoms with Gasteiger partial charge in [0.05, 0.1) is 27.8 Å². The van der Waals surface area contributed by atoms with Crippen molar-refractivity contribution >= 4 is 38.9 Å². The number of nitrogens with zero attached hydrogens (tertiary/aromatic N) is 5. The number of amides is 1. The standard InChI is InChI=1S/C26H28F3N5O3S2/c1-25(2)23(35)34(20-10-9-19(18-30)22(17-20)26(27,28)29)24(38)33(25)12-6-11-31-13-15-32(16-14-31)39(36,37)21-7-4-3-5-8-21/h3-5,7-10,17H,6,11-16H2,1-2H3. The summed E-state index contributed by atoms with van der Waals surface area (Å²) in [4.78, 5) is 18.5. The fraction of sp³-hybridized carbons (Fsp3) is 0.423. The van der Waals surface area contributed by atoms with E-state index in [9.17, 15) is 26.4 Å². The van der Waals surface area contributed by atoms with Crippen LogP contribution in [0.25, 0.3) is 0 Å². The normalized spacial score (nSPS) is 19.0. The molecule has 0 spiro atoms. The summed E-state index contributed by atoms with van der Waals surface area (Å²) in [6, 6.07) is 13.0. The minimum atomic E-state index is -4.76. The van der Waals surface area contributed by atoms with Gasteiger partial charge in [-0.15, -0.1) is 0 Å². The molecule has 2 aliphatic heterocycles. The Kier molecular flexibility index (Phi) is 8.05. The molecule has 2 fully saturated rings. The molecule has 0 bridgehead atoms. The van der Waals surface area contributed by atoms with Crippen molar-refractivity contribution in [2.45, 2.75) is 36.9 Å². The number of carbonyl (C=O) groups excluding carboxylic acids is 1. The number of alkyl halides is 3. The molecule has 2 heterocycles. The van der Waals surface area contributed by atoms with Crippen LogP contribution in [0.4, 0.5) is 18.9 Å². The number of rotatable bonds is 7. The summed E-state index contributed by atoms with van der Waals surface area (Å²) in [5.74, 6) is -0.454. The molecular formula is C26H28F3N5O3S2. The number of hydrogen-bond donors (Lipinski definition) is 0. The van der Waals surface area contributed by atoms with Gasteiger partial charge >= 0.3 is 6.18 Å². The van der Waals surface area contributed by atoms with E-state index in [-0.39, 0.29) is 15.7 Å². The Morgan fingerprint density at radius 2 is 1.67 bits per heavy atom. The van der Waals surface area contributed by atoms with Gasteiger partial charge in [-0.3, -0.25) is 9.69 Å². The van der Waals surface area contributed by atoms with Crippen molar-refractivity contribution in [3.8, 4) is 6.07 Å². The summed E-state index contributed by atoms with van der Waals surface area (Å²) >= 11 is 5.54. The van der Waals surface area contributed by atoms with Gasteiger partial charge in [-0.25, -0.2) is 8.42 Å². The van der Waals surface area contributed by atoms with Crippen LogP contribution in [0.1, 0.15) is 31.4 Å². The van der Waals surface area contributed by atoms with Gasteiger partial charge in [0, 0.05) is 32.7 Å². The molecule has 2 aromatic rings. The molecule has 0 aliphatic carbocycles. The Morgan fingerprint density at radius 1 is 1.03 bits per heavy atom. The first-order valence-corrected chi connectivity index (χ1v) is 14.2. The number of piperazine rings is 1. The Balaban J connectivity index is 1.38. The highest BCUT2D eigenvalue weighted by Gasteiger charge is 2.49. The smallest absolute Gasteiger partial charge is 0.334 e. The second kappa shape index (κ2) is 10.8. The molecule has 208 valence electrons. The van der Waals surface area contributed by atoms with Crippen LogP contribution in [-0.4, -0.2) is 78.3 Å². The summed E-state index contributed by atoms with van der Waals surface area (Å²) in [5, 5.41) is 9.18. The zero-order valence-electron chi connectivity index (χ0n) is 21.5. The highest BCUT2D eigenvalue weighted by Crippen LogP contribution is 2.38. The van der Waals surface area contributed by atoms with E-state index in [0.717, 1.165) is 17.0 Å². The average molecular weight is 580 g/mol. The maximum absolute atomic E-state index is 13.5. The van der Waals surface area contributed by atoms with Crippen LogP contribution in [0.3, 0.4) is 0 Å². The van der Waals surface area contributed by atoms with E-state index in [2.05, 4.69) is 4.90 Å². The lowest BCUT2D eigenvalue weighted by Crippen LogP contribution is -2.49. The van der Waals surface area contributed by atoms with E-state index >= 15 is 0 Å². The highest BCUT2D eigenvalue weighted by molar-refractivity contribution is 7.89. The number of benzene rings is 2. The SMILES string of the molecule is CC1(C)C(=O)N(c2ccc(C#N)c(C(F)(F)F)c2)C(=S)N1CCCN1CCN(S(=O)(=O)c2ccccc2)CC1. The number of halogens is 3. The van der Waals surface area contributed by atoms with Crippen LogP contribution >= 0.6 is 12.2 Å². The van der Waals surface area contributed by atoms with Gasteiger partial charge < -0.3 is 9.80 Å². The zero-order chi connectivity index (χ0) is 28.6. The lowest BCUT2D eigenvalue weighted by molar-refractivity contribution is -0.137. The van der Waals surface area contributed by atoms with Crippen molar-refractivity contribution in [3.63, 3.8) is 0 Å². The molecule has 13 heteroatoms. The Morgan fingerprint density at radius 3 is 2.26 bits per heavy atom. The number of thiocarbonyl (C=S) groups is 1. The van der Waals surface area contributed by atoms with Gasteiger partial charge in [-0.05, 0) is 69.4 Å². The maximum Gasteiger partial charge on any atom is 0.417 e. The fourth-order valence-corrected chi connectivity index (χ4v) is 6.78. The van der Waals surface area contributed by atoms with Crippen molar-refractivity contribution in [1.82, 2.24) is 14.1 Å². The minimum absolute atomic E-state index is 0.0392. The molecule has 1 amide bonds. The molecule has 2 aromatic carbocycles. The summed E-state index contributed by atoms with van der Waals surface area (Å²) < 4.78 is 67.7. The van der Waals surface area contributed by atoms with Crippen molar-refractivity contribution in [1.29, 1.82) is 5.26 Å². The largest absolute Gasteiger partial charge is 0.417 e. The van der Waals surface area contributed by atoms with E-state index in [1.54, 1.807) is 49.1 Å². The third-order valence-corrected chi connectivity index (χ3v) is 9.39. The predicted molar refractivity (Wildman–Crippen MR) is 143 cm³/mol. The van der Waals surface area contributed by atoms with Gasteiger partial charge in [0.25, 0.3) is 5.91 Å². The monoisotopic (exact) mass is 579 g/mol. The highest BCUT2D eigenvalue weighted by atomic mass is 32.2. The maximum atomic E-state index is 13.5. The van der Waals surface area contributed by atoms with E-state index < -0.39 is 38.8 Å². The number of nitriles is 1. The Labute approximate surface area is 231 Å². The van der Waals surface area contributed by atoms with Gasteiger partial charge in [-0.1, -0.05) is 18.2 Å². The summed E-state index contributed by atoms with van der Waals surface area (Å²) in [7, 11) is -3.55. The van der Waals surface area contributed by atoms with Gasteiger partial charge in [-0.2, -0.15) is 22.7 Å². The van der Waals surface area contributed by atoms with Crippen LogP contribution in [-0.2, 0) is 21.0 Å². The van der Waals surface area contributed by atoms with Crippen LogP contribution in [0.15, 0.2) is 53.4 Å². The average Bonchev–Trinajstić information content (AvgIpc) is 3.07. The van der Waals surface area contributed by atoms with Crippen molar-refractivity contribution in [2.24, 2.45) is 0 Å². The second-order valence-corrected chi connectivity index (χ2v) is 12.2. The molecule has 4 rings (SSSR count). The van der Waals surface area contributed by atoms with E-state index in [1.165, 1.54) is 16.4 Å². The molecule has 0 saturated carbocycles. The number of carbonyl (C=O) groups is 1. The number of anilines is 1. The molecular weight excluding hydrogens is 551 g/mol. The topological polar surface area (TPSA) is 88.0 Å². The van der Waals surface area contributed by atoms with Gasteiger partial charge in [0.15, 0.2) is 5.11 Å². The van der Waals surface area contributed by atoms with Gasteiger partial charge in [0.2, 0.25) is 10.0 Å². The lowest BCUT2D eigenvalue weighted by atomic mass is 10.0. The van der Waals surface area contributed by atoms with E-state index in [0.29, 0.717) is 45.7 Å². The quantitative estimate of drug-likeness (QED) is 0.463. The number of sulfonamides is 1. The third-order valence-electron chi connectivity index (χ3n) is 7.08. The van der Waals surface area contributed by atoms with Crippen LogP contribution < -0.4 is 4.90 Å². The van der Waals surface area contributed by atoms with Crippen LogP contribution in [0.2, 0.25) is 0 Å². The van der Waals surface area contributed by atoms with Crippen LogP contribution in [0, 0.1) is 11.3 Å². The van der Waals surface area contributed by atoms with Crippen LogP contribution in [0.5, 0.6) is 0 Å². The molecule has 8 nitrogen and oxygen atoms in total. The van der Waals surface area contributed by atoms with E-state index in [4.69, 9.17) is 17.5 Å². The lowest BCUT2D eigenvalue weighted by Gasteiger charge is -2.35. The Bertz CT molecular complexity index is 1400. The first kappa shape index (κ1) is 28.9. The summed E-state index contributed by atoms with van der Waals surface area (Å²) in [5.41, 5.74) is -2.77. The minimum Gasteiger partial charge on any atom is -0.334 e. The molecule has 0 atom stereocenters. The third kappa shape index (κ3) is 5.65. The molecule has 2 aliphatic rings. The molecule has 0 N–H and O–H groups in total. The molecule has 0 aromatic heterocycles. The molecule has 0 radical (unpaired) electrons. The van der Waals surface area contributed by atoms with Crippen molar-refractivity contribution < 1.29 is 26.4 Å². The van der Waals surface area contributed by atoms with Gasteiger partial charge in [0.1, 0.15) is 5.54 Å². The second-order valence-electron chi connectivity index (χ2n) is 9.89. The molecule has 0 unspecified atom stereocenters. The van der Waals surface area contributed by atoms with E-state index in [1.807, 2.05) is 0 Å². The number of hydrogen-bond acceptors (Lipinski definition) is 6. The zero-order valence-corrected chi connectivity index (χ0v) is 23.1. The molecule has 2 saturated heterocycles. The summed E-state index contributed by atoms with van der Waals surface area (Å²) in [6.45, 7) is 6.19. The first-order valence-electron chi connectivity index (χ1n) is 12.3. The Hall–Kier alpha value is -3.05. The van der Waals surface area contributed by atoms with Crippen molar-refractivity contribution in [3.05, 3.63) is 59.7 Å². The first-order chi connectivity index (χ1) is 18.3. The predicted octanol–water partition coefficient (Wildman–Crippen LogP) is 3.69. The van der Waals surface area contributed by atoms with Crippen molar-refractivity contribution in [2.75, 3.05) is 44.2 Å². The molecule has 39 heavy (non-hydrogen) atoms. The fourth-order valence-electron chi connectivity index (χ4n) is 4.83.